The summed E-state index contributed by atoms with van der Waals surface area (Å²) in [6, 6.07) is 1.49. The van der Waals surface area contributed by atoms with Crippen molar-refractivity contribution in [2.24, 2.45) is 0 Å². The van der Waals surface area contributed by atoms with E-state index in [9.17, 15) is 9.59 Å². The Balaban J connectivity index is 2.50. The summed E-state index contributed by atoms with van der Waals surface area (Å²) in [6.45, 7) is 0. The smallest absolute Gasteiger partial charge is 0.303 e. The van der Waals surface area contributed by atoms with Crippen LogP contribution in [0.4, 0.5) is 5.95 Å². The Labute approximate surface area is 116 Å². The molecule has 8 nitrogen and oxygen atoms in total. The van der Waals surface area contributed by atoms with E-state index in [0.717, 1.165) is 0 Å². The van der Waals surface area contributed by atoms with Crippen LogP contribution in [-0.2, 0) is 9.59 Å². The van der Waals surface area contributed by atoms with Gasteiger partial charge in [0.05, 0.1) is 20.3 Å². The Hall–Kier alpha value is -2.38. The highest BCUT2D eigenvalue weighted by Gasteiger charge is 2.09. The topological polar surface area (TPSA) is 111 Å². The maximum Gasteiger partial charge on any atom is 0.303 e. The fraction of sp³-hybridized carbons (Fsp3) is 0.500. The highest BCUT2D eigenvalue weighted by molar-refractivity contribution is 5.89. The number of aliphatic carboxylic acids is 1. The fourth-order valence-corrected chi connectivity index (χ4v) is 1.42. The number of anilines is 1. The first-order valence-electron chi connectivity index (χ1n) is 6.04. The zero-order valence-electron chi connectivity index (χ0n) is 11.4. The van der Waals surface area contributed by atoms with Gasteiger partial charge in [0.1, 0.15) is 0 Å². The van der Waals surface area contributed by atoms with Gasteiger partial charge in [0, 0.05) is 12.8 Å². The molecule has 0 radical (unpaired) electrons. The molecule has 110 valence electrons. The van der Waals surface area contributed by atoms with E-state index >= 15 is 0 Å². The molecule has 1 heterocycles. The molecule has 0 aliphatic rings. The summed E-state index contributed by atoms with van der Waals surface area (Å²) in [5.74, 6) is -0.516. The Bertz CT molecular complexity index is 456. The largest absolute Gasteiger partial charge is 0.481 e. The van der Waals surface area contributed by atoms with Crippen LogP contribution in [0.15, 0.2) is 6.07 Å². The number of carbonyl (C=O) groups is 2. The second-order valence-electron chi connectivity index (χ2n) is 3.93. The molecule has 0 saturated carbocycles. The van der Waals surface area contributed by atoms with E-state index in [2.05, 4.69) is 15.3 Å². The van der Waals surface area contributed by atoms with Crippen LogP contribution in [0.3, 0.4) is 0 Å². The van der Waals surface area contributed by atoms with E-state index < -0.39 is 5.97 Å². The lowest BCUT2D eigenvalue weighted by Crippen LogP contribution is -2.14. The summed E-state index contributed by atoms with van der Waals surface area (Å²) < 4.78 is 9.91. The van der Waals surface area contributed by atoms with Crippen LogP contribution in [0, 0.1) is 0 Å². The monoisotopic (exact) mass is 283 g/mol. The van der Waals surface area contributed by atoms with Crippen LogP contribution in [0.25, 0.3) is 0 Å². The Kier molecular flexibility index (Phi) is 6.21. The Morgan fingerprint density at radius 3 is 2.20 bits per heavy atom. The van der Waals surface area contributed by atoms with E-state index in [4.69, 9.17) is 14.6 Å². The lowest BCUT2D eigenvalue weighted by atomic mass is 10.2. The number of hydrogen-bond donors (Lipinski definition) is 2. The van der Waals surface area contributed by atoms with E-state index in [1.54, 1.807) is 0 Å². The Morgan fingerprint density at radius 1 is 1.15 bits per heavy atom. The van der Waals surface area contributed by atoms with Crippen molar-refractivity contribution >= 4 is 17.8 Å². The van der Waals surface area contributed by atoms with Gasteiger partial charge in [-0.1, -0.05) is 0 Å². The first-order chi connectivity index (χ1) is 9.55. The molecule has 2 N–H and O–H groups in total. The second-order valence-corrected chi connectivity index (χ2v) is 3.93. The van der Waals surface area contributed by atoms with Gasteiger partial charge in [-0.15, -0.1) is 0 Å². The molecule has 1 aromatic rings. The molecule has 0 atom stereocenters. The van der Waals surface area contributed by atoms with Crippen LogP contribution in [0.2, 0.25) is 0 Å². The molecule has 1 amide bonds. The summed E-state index contributed by atoms with van der Waals surface area (Å²) in [5, 5.41) is 11.0. The van der Waals surface area contributed by atoms with Crippen molar-refractivity contribution in [1.82, 2.24) is 9.97 Å². The molecule has 8 heteroatoms. The van der Waals surface area contributed by atoms with Gasteiger partial charge in [-0.3, -0.25) is 14.9 Å². The summed E-state index contributed by atoms with van der Waals surface area (Å²) in [6.07, 6.45) is 1.19. The first-order valence-corrected chi connectivity index (χ1v) is 6.04. The Morgan fingerprint density at radius 2 is 1.70 bits per heavy atom. The van der Waals surface area contributed by atoms with Gasteiger partial charge in [0.25, 0.3) is 0 Å². The zero-order chi connectivity index (χ0) is 15.0. The molecule has 0 aliphatic heterocycles. The number of amides is 1. The van der Waals surface area contributed by atoms with Crippen molar-refractivity contribution in [2.75, 3.05) is 19.5 Å². The average molecular weight is 283 g/mol. The molecule has 1 rings (SSSR count). The normalized spacial score (nSPS) is 9.90. The van der Waals surface area contributed by atoms with Gasteiger partial charge in [0.15, 0.2) is 0 Å². The second kappa shape index (κ2) is 7.93. The predicted molar refractivity (Wildman–Crippen MR) is 69.9 cm³/mol. The minimum Gasteiger partial charge on any atom is -0.481 e. The number of carboxylic acids is 1. The number of nitrogens with one attached hydrogen (secondary N) is 1. The number of aromatic nitrogens is 2. The van der Waals surface area contributed by atoms with E-state index in [1.807, 2.05) is 0 Å². The number of ether oxygens (including phenoxy) is 2. The number of carboxylic acid groups (broad SMARTS) is 1. The van der Waals surface area contributed by atoms with Gasteiger partial charge in [0.2, 0.25) is 23.6 Å². The molecule has 0 bridgehead atoms. The number of carbonyl (C=O) groups excluding carboxylic acids is 1. The van der Waals surface area contributed by atoms with E-state index in [1.165, 1.54) is 20.3 Å². The van der Waals surface area contributed by atoms with Crippen LogP contribution in [0.1, 0.15) is 25.7 Å². The SMILES string of the molecule is COc1cc(OC)nc(NC(=O)CCCCC(=O)O)n1. The molecule has 1 aromatic heterocycles. The number of methoxy groups -OCH3 is 2. The standard InChI is InChI=1S/C12H17N3O5/c1-19-9-7-10(20-2)15-12(14-9)13-8(16)5-3-4-6-11(17)18/h7H,3-6H2,1-2H3,(H,17,18)(H,13,14,15,16). The highest BCUT2D eigenvalue weighted by Crippen LogP contribution is 2.17. The summed E-state index contributed by atoms with van der Waals surface area (Å²) in [4.78, 5) is 29.9. The molecule has 0 aliphatic carbocycles. The van der Waals surface area contributed by atoms with E-state index in [0.29, 0.717) is 12.8 Å². The number of rotatable bonds is 8. The zero-order valence-corrected chi connectivity index (χ0v) is 11.4. The van der Waals surface area contributed by atoms with Crippen molar-refractivity contribution in [3.63, 3.8) is 0 Å². The number of unbranched alkanes of at least 4 members (excludes halogenated alkanes) is 1. The minimum absolute atomic E-state index is 0.0523. The lowest BCUT2D eigenvalue weighted by Gasteiger charge is -2.07. The molecule has 0 unspecified atom stereocenters. The molecule has 0 spiro atoms. The molecule has 20 heavy (non-hydrogen) atoms. The van der Waals surface area contributed by atoms with Crippen molar-refractivity contribution in [3.8, 4) is 11.8 Å². The number of hydrogen-bond acceptors (Lipinski definition) is 6. The van der Waals surface area contributed by atoms with E-state index in [-0.39, 0.29) is 36.5 Å². The van der Waals surface area contributed by atoms with Gasteiger partial charge in [-0.05, 0) is 12.8 Å². The average Bonchev–Trinajstić information content (AvgIpc) is 2.42. The van der Waals surface area contributed by atoms with Crippen molar-refractivity contribution < 1.29 is 24.2 Å². The predicted octanol–water partition coefficient (Wildman–Crippen LogP) is 1.08. The van der Waals surface area contributed by atoms with Crippen LogP contribution >= 0.6 is 0 Å². The minimum atomic E-state index is -0.869. The summed E-state index contributed by atoms with van der Waals surface area (Å²) in [7, 11) is 2.89. The van der Waals surface area contributed by atoms with Gasteiger partial charge < -0.3 is 14.6 Å². The highest BCUT2D eigenvalue weighted by atomic mass is 16.5. The maximum atomic E-state index is 11.6. The maximum absolute atomic E-state index is 11.6. The molecule has 0 saturated heterocycles. The van der Waals surface area contributed by atoms with Crippen molar-refractivity contribution in [1.29, 1.82) is 0 Å². The third-order valence-electron chi connectivity index (χ3n) is 2.39. The van der Waals surface area contributed by atoms with Gasteiger partial charge in [-0.2, -0.15) is 9.97 Å². The summed E-state index contributed by atoms with van der Waals surface area (Å²) in [5.41, 5.74) is 0. The van der Waals surface area contributed by atoms with Crippen LogP contribution in [-0.4, -0.2) is 41.2 Å². The quantitative estimate of drug-likeness (QED) is 0.686. The van der Waals surface area contributed by atoms with Crippen molar-refractivity contribution in [2.45, 2.75) is 25.7 Å². The number of nitrogens with zero attached hydrogens (tertiary/aromatic N) is 2. The van der Waals surface area contributed by atoms with Crippen LogP contribution in [0.5, 0.6) is 11.8 Å². The third-order valence-corrected chi connectivity index (χ3v) is 2.39. The molecular formula is C12H17N3O5. The first kappa shape index (κ1) is 15.7. The molecule has 0 fully saturated rings. The van der Waals surface area contributed by atoms with Crippen LogP contribution < -0.4 is 14.8 Å². The fourth-order valence-electron chi connectivity index (χ4n) is 1.42. The van der Waals surface area contributed by atoms with Gasteiger partial charge in [-0.25, -0.2) is 0 Å². The molecular weight excluding hydrogens is 266 g/mol. The summed E-state index contributed by atoms with van der Waals surface area (Å²) >= 11 is 0. The lowest BCUT2D eigenvalue weighted by molar-refractivity contribution is -0.137. The van der Waals surface area contributed by atoms with Crippen molar-refractivity contribution in [3.05, 3.63) is 6.07 Å². The third kappa shape index (κ3) is 5.51. The van der Waals surface area contributed by atoms with Gasteiger partial charge >= 0.3 is 5.97 Å². The molecule has 0 aromatic carbocycles.